The van der Waals surface area contributed by atoms with Gasteiger partial charge in [0.2, 0.25) is 5.88 Å². The van der Waals surface area contributed by atoms with E-state index >= 15 is 0 Å². The lowest BCUT2D eigenvalue weighted by Gasteiger charge is -2.05. The molecule has 0 saturated carbocycles. The van der Waals surface area contributed by atoms with Gasteiger partial charge in [0.1, 0.15) is 17.2 Å². The van der Waals surface area contributed by atoms with Crippen molar-refractivity contribution in [2.75, 3.05) is 0 Å². The van der Waals surface area contributed by atoms with Gasteiger partial charge in [-0.3, -0.25) is 4.40 Å². The Kier molecular flexibility index (Phi) is 3.08. The van der Waals surface area contributed by atoms with Crippen molar-refractivity contribution in [3.63, 3.8) is 0 Å². The van der Waals surface area contributed by atoms with Gasteiger partial charge in [0.25, 0.3) is 0 Å². The van der Waals surface area contributed by atoms with Crippen molar-refractivity contribution in [1.82, 2.24) is 9.38 Å². The Morgan fingerprint density at radius 1 is 1.20 bits per heavy atom. The highest BCUT2D eigenvalue weighted by atomic mass is 19.1. The van der Waals surface area contributed by atoms with Crippen molar-refractivity contribution in [2.24, 2.45) is 5.73 Å². The van der Waals surface area contributed by atoms with Gasteiger partial charge >= 0.3 is 0 Å². The SMILES string of the molecule is NCc1c(Oc2ccc(F)cc2F)nc2ccccn12. The van der Waals surface area contributed by atoms with Crippen LogP contribution >= 0.6 is 0 Å². The number of hydrogen-bond donors (Lipinski definition) is 1. The van der Waals surface area contributed by atoms with Crippen molar-refractivity contribution in [3.8, 4) is 11.6 Å². The van der Waals surface area contributed by atoms with Crippen molar-refractivity contribution in [1.29, 1.82) is 0 Å². The number of benzene rings is 1. The van der Waals surface area contributed by atoms with E-state index in [0.717, 1.165) is 12.1 Å². The lowest BCUT2D eigenvalue weighted by molar-refractivity contribution is 0.421. The van der Waals surface area contributed by atoms with Crippen LogP contribution in [0.15, 0.2) is 42.6 Å². The first kappa shape index (κ1) is 12.6. The van der Waals surface area contributed by atoms with Crippen LogP contribution < -0.4 is 10.5 Å². The summed E-state index contributed by atoms with van der Waals surface area (Å²) < 4.78 is 33.6. The predicted octanol–water partition coefficient (Wildman–Crippen LogP) is 2.86. The Bertz CT molecular complexity index is 770. The van der Waals surface area contributed by atoms with Crippen LogP contribution in [-0.2, 0) is 6.54 Å². The number of halogens is 2. The topological polar surface area (TPSA) is 52.5 Å². The Balaban J connectivity index is 2.06. The van der Waals surface area contributed by atoms with Gasteiger partial charge in [-0.1, -0.05) is 6.07 Å². The summed E-state index contributed by atoms with van der Waals surface area (Å²) in [5.41, 5.74) is 6.94. The molecular weight excluding hydrogens is 264 g/mol. The molecule has 0 aliphatic carbocycles. The zero-order chi connectivity index (χ0) is 14.1. The van der Waals surface area contributed by atoms with Crippen LogP contribution in [0.2, 0.25) is 0 Å². The van der Waals surface area contributed by atoms with Crippen LogP contribution in [0.3, 0.4) is 0 Å². The molecule has 20 heavy (non-hydrogen) atoms. The minimum Gasteiger partial charge on any atom is -0.434 e. The van der Waals surface area contributed by atoms with E-state index in [2.05, 4.69) is 4.98 Å². The predicted molar refractivity (Wildman–Crippen MR) is 69.5 cm³/mol. The molecule has 0 aliphatic heterocycles. The number of hydrogen-bond acceptors (Lipinski definition) is 3. The molecule has 2 N–H and O–H groups in total. The molecule has 0 aliphatic rings. The van der Waals surface area contributed by atoms with Gasteiger partial charge in [0, 0.05) is 18.8 Å². The van der Waals surface area contributed by atoms with E-state index in [1.165, 1.54) is 6.07 Å². The highest BCUT2D eigenvalue weighted by Crippen LogP contribution is 2.27. The zero-order valence-electron chi connectivity index (χ0n) is 10.4. The molecule has 102 valence electrons. The molecule has 0 saturated heterocycles. The maximum atomic E-state index is 13.6. The first-order valence-corrected chi connectivity index (χ1v) is 5.98. The maximum absolute atomic E-state index is 13.6. The van der Waals surface area contributed by atoms with Crippen molar-refractivity contribution in [2.45, 2.75) is 6.54 Å². The van der Waals surface area contributed by atoms with Gasteiger partial charge in [-0.25, -0.2) is 8.78 Å². The molecule has 6 heteroatoms. The van der Waals surface area contributed by atoms with Crippen LogP contribution in [-0.4, -0.2) is 9.38 Å². The van der Waals surface area contributed by atoms with E-state index in [0.29, 0.717) is 11.3 Å². The first-order valence-electron chi connectivity index (χ1n) is 5.98. The fraction of sp³-hybridized carbons (Fsp3) is 0.0714. The average molecular weight is 275 g/mol. The van der Waals surface area contributed by atoms with Gasteiger partial charge in [0.05, 0.1) is 0 Å². The fourth-order valence-corrected chi connectivity index (χ4v) is 1.95. The van der Waals surface area contributed by atoms with E-state index < -0.39 is 11.6 Å². The third-order valence-corrected chi connectivity index (χ3v) is 2.89. The molecule has 0 fully saturated rings. The molecule has 0 bridgehead atoms. The summed E-state index contributed by atoms with van der Waals surface area (Å²) in [7, 11) is 0. The van der Waals surface area contributed by atoms with E-state index in [9.17, 15) is 8.78 Å². The summed E-state index contributed by atoms with van der Waals surface area (Å²) >= 11 is 0. The molecule has 2 aromatic heterocycles. The largest absolute Gasteiger partial charge is 0.434 e. The van der Waals surface area contributed by atoms with E-state index in [4.69, 9.17) is 10.5 Å². The molecule has 1 aromatic carbocycles. The van der Waals surface area contributed by atoms with Crippen LogP contribution in [0, 0.1) is 11.6 Å². The van der Waals surface area contributed by atoms with E-state index in [1.807, 2.05) is 12.1 Å². The van der Waals surface area contributed by atoms with Crippen LogP contribution in [0.1, 0.15) is 5.69 Å². The molecule has 2 heterocycles. The Hall–Kier alpha value is -2.47. The molecular formula is C14H11F2N3O. The number of imidazole rings is 1. The monoisotopic (exact) mass is 275 g/mol. The summed E-state index contributed by atoms with van der Waals surface area (Å²) in [6.45, 7) is 0.184. The van der Waals surface area contributed by atoms with Crippen molar-refractivity contribution < 1.29 is 13.5 Å². The quantitative estimate of drug-likeness (QED) is 0.799. The van der Waals surface area contributed by atoms with Gasteiger partial charge in [-0.05, 0) is 24.3 Å². The van der Waals surface area contributed by atoms with Crippen LogP contribution in [0.4, 0.5) is 8.78 Å². The minimum atomic E-state index is -0.787. The highest BCUT2D eigenvalue weighted by molar-refractivity contribution is 5.46. The normalized spacial score (nSPS) is 10.9. The van der Waals surface area contributed by atoms with Crippen LogP contribution in [0.25, 0.3) is 5.65 Å². The first-order chi connectivity index (χ1) is 9.69. The molecule has 3 aromatic rings. The molecule has 4 nitrogen and oxygen atoms in total. The van der Waals surface area contributed by atoms with E-state index in [-0.39, 0.29) is 18.2 Å². The lowest BCUT2D eigenvalue weighted by Crippen LogP contribution is -2.02. The second kappa shape index (κ2) is 4.90. The van der Waals surface area contributed by atoms with Gasteiger partial charge in [-0.15, -0.1) is 0 Å². The lowest BCUT2D eigenvalue weighted by atomic mass is 10.3. The summed E-state index contributed by atoms with van der Waals surface area (Å²) in [4.78, 5) is 4.24. The molecule has 0 atom stereocenters. The average Bonchev–Trinajstić information content (AvgIpc) is 2.79. The molecule has 0 amide bonds. The van der Waals surface area contributed by atoms with Gasteiger partial charge in [0.15, 0.2) is 11.6 Å². The summed E-state index contributed by atoms with van der Waals surface area (Å²) in [6, 6.07) is 8.53. The number of ether oxygens (including phenoxy) is 1. The summed E-state index contributed by atoms with van der Waals surface area (Å²) in [5, 5.41) is 0. The standard InChI is InChI=1S/C14H11F2N3O/c15-9-4-5-12(10(16)7-9)20-14-11(8-17)19-6-2-1-3-13(19)18-14/h1-7H,8,17H2. The van der Waals surface area contributed by atoms with Gasteiger partial charge < -0.3 is 10.5 Å². The third kappa shape index (κ3) is 2.10. The highest BCUT2D eigenvalue weighted by Gasteiger charge is 2.14. The fourth-order valence-electron chi connectivity index (χ4n) is 1.95. The number of pyridine rings is 1. The Morgan fingerprint density at radius 3 is 2.80 bits per heavy atom. The second-order valence-electron chi connectivity index (χ2n) is 4.17. The number of nitrogens with zero attached hydrogens (tertiary/aromatic N) is 2. The number of fused-ring (bicyclic) bond motifs is 1. The molecule has 3 rings (SSSR count). The third-order valence-electron chi connectivity index (χ3n) is 2.89. The van der Waals surface area contributed by atoms with Crippen molar-refractivity contribution in [3.05, 3.63) is 59.9 Å². The maximum Gasteiger partial charge on any atom is 0.242 e. The number of rotatable bonds is 3. The number of nitrogens with two attached hydrogens (primary N) is 1. The molecule has 0 spiro atoms. The van der Waals surface area contributed by atoms with Crippen molar-refractivity contribution >= 4 is 5.65 Å². The zero-order valence-corrected chi connectivity index (χ0v) is 10.4. The van der Waals surface area contributed by atoms with E-state index in [1.54, 1.807) is 16.7 Å². The van der Waals surface area contributed by atoms with Gasteiger partial charge in [-0.2, -0.15) is 4.98 Å². The second-order valence-corrected chi connectivity index (χ2v) is 4.17. The summed E-state index contributed by atoms with van der Waals surface area (Å²) in [5.74, 6) is -1.33. The Morgan fingerprint density at radius 2 is 2.05 bits per heavy atom. The molecule has 0 unspecified atom stereocenters. The summed E-state index contributed by atoms with van der Waals surface area (Å²) in [6.07, 6.45) is 1.79. The molecule has 0 radical (unpaired) electrons. The Labute approximate surface area is 113 Å². The minimum absolute atomic E-state index is 0.0930. The number of aromatic nitrogens is 2. The van der Waals surface area contributed by atoms with Crippen LogP contribution in [0.5, 0.6) is 11.6 Å². The smallest absolute Gasteiger partial charge is 0.242 e.